The standard InChI is InChI=1S/C20H21F3N2O4S2/c1-30-14-15-3-2-4-16(13-15)19(26)24-9-11-25(12-10-24)31(27,28)18-7-5-17(6-8-18)29-20(21,22)23/h2-8,13H,9-12,14H2,1H3. The van der Waals surface area contributed by atoms with Crippen LogP contribution in [0.2, 0.25) is 0 Å². The zero-order chi connectivity index (χ0) is 22.6. The summed E-state index contributed by atoms with van der Waals surface area (Å²) in [6.07, 6.45) is -2.87. The summed E-state index contributed by atoms with van der Waals surface area (Å²) in [5.74, 6) is 0.138. The van der Waals surface area contributed by atoms with Gasteiger partial charge in [0, 0.05) is 37.5 Å². The maximum absolute atomic E-state index is 12.8. The van der Waals surface area contributed by atoms with E-state index >= 15 is 0 Å². The summed E-state index contributed by atoms with van der Waals surface area (Å²) in [5.41, 5.74) is 1.60. The van der Waals surface area contributed by atoms with Crippen LogP contribution in [0.25, 0.3) is 0 Å². The molecule has 1 fully saturated rings. The highest BCUT2D eigenvalue weighted by atomic mass is 32.2. The number of thioether (sulfide) groups is 1. The molecule has 11 heteroatoms. The van der Waals surface area contributed by atoms with Crippen molar-refractivity contribution in [1.29, 1.82) is 0 Å². The molecule has 0 unspecified atom stereocenters. The van der Waals surface area contributed by atoms with E-state index in [1.54, 1.807) is 22.7 Å². The molecule has 1 aliphatic rings. The first kappa shape index (κ1) is 23.4. The van der Waals surface area contributed by atoms with Crippen LogP contribution in [-0.4, -0.2) is 62.3 Å². The van der Waals surface area contributed by atoms with Crippen LogP contribution in [0.15, 0.2) is 53.4 Å². The highest BCUT2D eigenvalue weighted by Crippen LogP contribution is 2.25. The number of hydrogen-bond acceptors (Lipinski definition) is 5. The number of hydrogen-bond donors (Lipinski definition) is 0. The lowest BCUT2D eigenvalue weighted by molar-refractivity contribution is -0.274. The number of ether oxygens (including phenoxy) is 1. The molecule has 2 aromatic rings. The smallest absolute Gasteiger partial charge is 0.406 e. The number of halogens is 3. The van der Waals surface area contributed by atoms with Crippen LogP contribution in [0, 0.1) is 0 Å². The molecule has 6 nitrogen and oxygen atoms in total. The van der Waals surface area contributed by atoms with E-state index in [9.17, 15) is 26.4 Å². The maximum Gasteiger partial charge on any atom is 0.573 e. The fraction of sp³-hybridized carbons (Fsp3) is 0.350. The van der Waals surface area contributed by atoms with Crippen LogP contribution in [0.4, 0.5) is 13.2 Å². The van der Waals surface area contributed by atoms with Gasteiger partial charge in [-0.1, -0.05) is 12.1 Å². The van der Waals surface area contributed by atoms with Crippen molar-refractivity contribution in [2.45, 2.75) is 17.0 Å². The second-order valence-electron chi connectivity index (χ2n) is 6.85. The second kappa shape index (κ2) is 9.49. The Balaban J connectivity index is 1.64. The summed E-state index contributed by atoms with van der Waals surface area (Å²) in [6, 6.07) is 11.4. The molecule has 0 aliphatic carbocycles. The molecular formula is C20H21F3N2O4S2. The van der Waals surface area contributed by atoms with Gasteiger partial charge < -0.3 is 9.64 Å². The maximum atomic E-state index is 12.8. The molecule has 31 heavy (non-hydrogen) atoms. The van der Waals surface area contributed by atoms with Crippen LogP contribution in [0.3, 0.4) is 0 Å². The average molecular weight is 475 g/mol. The van der Waals surface area contributed by atoms with Gasteiger partial charge in [-0.15, -0.1) is 13.2 Å². The topological polar surface area (TPSA) is 66.9 Å². The normalized spacial score (nSPS) is 15.7. The predicted octanol–water partition coefficient (Wildman–Crippen LogP) is 3.59. The quantitative estimate of drug-likeness (QED) is 0.640. The number of rotatable bonds is 6. The SMILES string of the molecule is CSCc1cccc(C(=O)N2CCN(S(=O)(=O)c3ccc(OC(F)(F)F)cc3)CC2)c1. The van der Waals surface area contributed by atoms with Gasteiger partial charge in [0.1, 0.15) is 5.75 Å². The molecule has 1 aliphatic heterocycles. The summed E-state index contributed by atoms with van der Waals surface area (Å²) >= 11 is 1.65. The van der Waals surface area contributed by atoms with E-state index in [-0.39, 0.29) is 37.0 Å². The number of nitrogens with zero attached hydrogens (tertiary/aromatic N) is 2. The van der Waals surface area contributed by atoms with E-state index in [4.69, 9.17) is 0 Å². The monoisotopic (exact) mass is 474 g/mol. The Morgan fingerprint density at radius 2 is 1.71 bits per heavy atom. The van der Waals surface area contributed by atoms with E-state index in [2.05, 4.69) is 4.74 Å². The Hall–Kier alpha value is -2.24. The van der Waals surface area contributed by atoms with E-state index in [1.807, 2.05) is 24.5 Å². The van der Waals surface area contributed by atoms with Crippen molar-refractivity contribution in [3.63, 3.8) is 0 Å². The highest BCUT2D eigenvalue weighted by molar-refractivity contribution is 7.97. The molecule has 0 aromatic heterocycles. The average Bonchev–Trinajstić information content (AvgIpc) is 2.73. The Kier molecular flexibility index (Phi) is 7.17. The van der Waals surface area contributed by atoms with Crippen molar-refractivity contribution in [1.82, 2.24) is 9.21 Å². The van der Waals surface area contributed by atoms with Gasteiger partial charge in [-0.25, -0.2) is 8.42 Å². The first-order valence-electron chi connectivity index (χ1n) is 9.33. The van der Waals surface area contributed by atoms with Gasteiger partial charge in [0.15, 0.2) is 0 Å². The zero-order valence-electron chi connectivity index (χ0n) is 16.6. The third kappa shape index (κ3) is 5.92. The largest absolute Gasteiger partial charge is 0.573 e. The number of alkyl halides is 3. The van der Waals surface area contributed by atoms with Gasteiger partial charge in [-0.3, -0.25) is 4.79 Å². The lowest BCUT2D eigenvalue weighted by Gasteiger charge is -2.34. The van der Waals surface area contributed by atoms with E-state index < -0.39 is 22.1 Å². The molecule has 0 spiro atoms. The first-order chi connectivity index (χ1) is 14.6. The number of benzene rings is 2. The fourth-order valence-electron chi connectivity index (χ4n) is 3.24. The minimum absolute atomic E-state index is 0.0966. The summed E-state index contributed by atoms with van der Waals surface area (Å²) in [4.78, 5) is 14.2. The Bertz CT molecular complexity index is 1020. The van der Waals surface area contributed by atoms with E-state index in [1.165, 1.54) is 4.31 Å². The molecule has 1 saturated heterocycles. The number of carbonyl (C=O) groups excluding carboxylic acids is 1. The first-order valence-corrected chi connectivity index (χ1v) is 12.2. The lowest BCUT2D eigenvalue weighted by atomic mass is 10.1. The van der Waals surface area contributed by atoms with Gasteiger partial charge in [-0.05, 0) is 48.2 Å². The molecule has 0 bridgehead atoms. The number of sulfonamides is 1. The lowest BCUT2D eigenvalue weighted by Crippen LogP contribution is -2.50. The molecule has 0 radical (unpaired) electrons. The van der Waals surface area contributed by atoms with Crippen LogP contribution < -0.4 is 4.74 Å². The van der Waals surface area contributed by atoms with Gasteiger partial charge in [0.05, 0.1) is 4.90 Å². The molecule has 2 aromatic carbocycles. The van der Waals surface area contributed by atoms with Crippen LogP contribution in [0.5, 0.6) is 5.75 Å². The summed E-state index contributed by atoms with van der Waals surface area (Å²) in [7, 11) is -3.89. The van der Waals surface area contributed by atoms with Crippen LogP contribution >= 0.6 is 11.8 Å². The predicted molar refractivity (Wildman–Crippen MR) is 111 cm³/mol. The molecule has 3 rings (SSSR count). The van der Waals surface area contributed by atoms with Crippen molar-refractivity contribution in [2.75, 3.05) is 32.4 Å². The third-order valence-electron chi connectivity index (χ3n) is 4.71. The highest BCUT2D eigenvalue weighted by Gasteiger charge is 2.33. The van der Waals surface area contributed by atoms with Gasteiger partial charge >= 0.3 is 6.36 Å². The van der Waals surface area contributed by atoms with Crippen molar-refractivity contribution in [3.05, 3.63) is 59.7 Å². The third-order valence-corrected chi connectivity index (χ3v) is 7.24. The molecule has 0 N–H and O–H groups in total. The van der Waals surface area contributed by atoms with E-state index in [0.29, 0.717) is 5.56 Å². The fourth-order valence-corrected chi connectivity index (χ4v) is 5.17. The second-order valence-corrected chi connectivity index (χ2v) is 9.65. The summed E-state index contributed by atoms with van der Waals surface area (Å²) in [6.45, 7) is 0.638. The van der Waals surface area contributed by atoms with Crippen molar-refractivity contribution in [3.8, 4) is 5.75 Å². The van der Waals surface area contributed by atoms with Crippen molar-refractivity contribution >= 4 is 27.7 Å². The zero-order valence-corrected chi connectivity index (χ0v) is 18.3. The minimum Gasteiger partial charge on any atom is -0.406 e. The van der Waals surface area contributed by atoms with Crippen LogP contribution in [-0.2, 0) is 15.8 Å². The Labute approximate surface area is 183 Å². The Morgan fingerprint density at radius 3 is 2.29 bits per heavy atom. The minimum atomic E-state index is -4.85. The van der Waals surface area contributed by atoms with Crippen molar-refractivity contribution < 1.29 is 31.1 Å². The van der Waals surface area contributed by atoms with Gasteiger partial charge in [-0.2, -0.15) is 16.1 Å². The van der Waals surface area contributed by atoms with Crippen LogP contribution in [0.1, 0.15) is 15.9 Å². The number of carbonyl (C=O) groups is 1. The number of piperazine rings is 1. The Morgan fingerprint density at radius 1 is 1.06 bits per heavy atom. The molecule has 168 valence electrons. The van der Waals surface area contributed by atoms with Crippen molar-refractivity contribution in [2.24, 2.45) is 0 Å². The molecule has 0 atom stereocenters. The molecule has 1 amide bonds. The van der Waals surface area contributed by atoms with Gasteiger partial charge in [0.25, 0.3) is 5.91 Å². The summed E-state index contributed by atoms with van der Waals surface area (Å²) < 4.78 is 67.4. The summed E-state index contributed by atoms with van der Waals surface area (Å²) in [5, 5.41) is 0. The molecule has 0 saturated carbocycles. The van der Waals surface area contributed by atoms with Gasteiger partial charge in [0.2, 0.25) is 10.0 Å². The number of amides is 1. The molecule has 1 heterocycles. The van der Waals surface area contributed by atoms with E-state index in [0.717, 1.165) is 35.6 Å². The molecular weight excluding hydrogens is 453 g/mol.